The number of carbonyl (C=O) groups excluding carboxylic acids is 1. The lowest BCUT2D eigenvalue weighted by atomic mass is 9.88. The molecule has 0 bridgehead atoms. The number of carbonyl (C=O) groups is 1. The van der Waals surface area contributed by atoms with E-state index >= 15 is 0 Å². The molecule has 0 rings (SSSR count). The molecule has 17 heavy (non-hydrogen) atoms. The Bertz CT molecular complexity index is 231. The Morgan fingerprint density at radius 3 is 2.18 bits per heavy atom. The van der Waals surface area contributed by atoms with Crippen molar-refractivity contribution in [2.24, 2.45) is 17.3 Å². The van der Waals surface area contributed by atoms with Crippen LogP contribution in [0.25, 0.3) is 0 Å². The number of hydrogen-bond acceptors (Lipinski definition) is 2. The van der Waals surface area contributed by atoms with E-state index < -0.39 is 6.10 Å². The molecule has 3 heteroatoms. The molecule has 102 valence electrons. The number of amides is 1. The second-order valence-electron chi connectivity index (χ2n) is 6.27. The van der Waals surface area contributed by atoms with Gasteiger partial charge in [-0.2, -0.15) is 0 Å². The van der Waals surface area contributed by atoms with E-state index in [1.807, 2.05) is 20.8 Å². The summed E-state index contributed by atoms with van der Waals surface area (Å²) < 4.78 is 0. The molecule has 0 aliphatic carbocycles. The van der Waals surface area contributed by atoms with Crippen molar-refractivity contribution in [1.29, 1.82) is 0 Å². The molecule has 2 N–H and O–H groups in total. The van der Waals surface area contributed by atoms with Crippen LogP contribution in [0.1, 0.15) is 54.4 Å². The van der Waals surface area contributed by atoms with E-state index in [-0.39, 0.29) is 17.2 Å². The molecule has 0 aromatic heterocycles. The van der Waals surface area contributed by atoms with Gasteiger partial charge in [0.05, 0.1) is 6.10 Å². The van der Waals surface area contributed by atoms with Crippen LogP contribution in [0.4, 0.5) is 0 Å². The average molecular weight is 243 g/mol. The molecule has 0 heterocycles. The van der Waals surface area contributed by atoms with Crippen LogP contribution >= 0.6 is 0 Å². The number of aliphatic hydroxyl groups is 1. The molecule has 0 saturated carbocycles. The third-order valence-corrected chi connectivity index (χ3v) is 3.21. The summed E-state index contributed by atoms with van der Waals surface area (Å²) in [6, 6.07) is 0. The summed E-state index contributed by atoms with van der Waals surface area (Å²) in [6.45, 7) is 12.5. The van der Waals surface area contributed by atoms with Crippen LogP contribution in [0.15, 0.2) is 0 Å². The minimum Gasteiger partial charge on any atom is -0.391 e. The van der Waals surface area contributed by atoms with Crippen molar-refractivity contribution in [1.82, 2.24) is 5.32 Å². The Labute approximate surface area is 106 Å². The van der Waals surface area contributed by atoms with Gasteiger partial charge in [-0.1, -0.05) is 48.0 Å². The van der Waals surface area contributed by atoms with Crippen molar-refractivity contribution >= 4 is 5.91 Å². The third kappa shape index (κ3) is 6.06. The fraction of sp³-hybridized carbons (Fsp3) is 0.929. The maximum atomic E-state index is 12.0. The Morgan fingerprint density at radius 1 is 1.29 bits per heavy atom. The van der Waals surface area contributed by atoms with E-state index in [0.29, 0.717) is 12.5 Å². The molecule has 2 atom stereocenters. The maximum absolute atomic E-state index is 12.0. The summed E-state index contributed by atoms with van der Waals surface area (Å²) in [5.74, 6) is 0.485. The fourth-order valence-electron chi connectivity index (χ4n) is 1.71. The van der Waals surface area contributed by atoms with Gasteiger partial charge in [-0.3, -0.25) is 4.79 Å². The van der Waals surface area contributed by atoms with Gasteiger partial charge in [0.1, 0.15) is 0 Å². The van der Waals surface area contributed by atoms with Crippen molar-refractivity contribution in [3.63, 3.8) is 0 Å². The molecule has 0 aliphatic heterocycles. The lowest BCUT2D eigenvalue weighted by molar-refractivity contribution is -0.127. The fourth-order valence-corrected chi connectivity index (χ4v) is 1.71. The van der Waals surface area contributed by atoms with E-state index in [1.54, 1.807) is 0 Å². The predicted molar refractivity (Wildman–Crippen MR) is 71.7 cm³/mol. The van der Waals surface area contributed by atoms with E-state index in [2.05, 4.69) is 26.1 Å². The minimum atomic E-state index is -0.499. The first-order valence-corrected chi connectivity index (χ1v) is 6.65. The highest BCUT2D eigenvalue weighted by atomic mass is 16.3. The SMILES string of the molecule is CCCC(C(=O)NCC(O)C(C)(C)C)C(C)C. The van der Waals surface area contributed by atoms with E-state index in [9.17, 15) is 9.90 Å². The largest absolute Gasteiger partial charge is 0.391 e. The summed E-state index contributed by atoms with van der Waals surface area (Å²) in [5, 5.41) is 12.7. The first kappa shape index (κ1) is 16.4. The van der Waals surface area contributed by atoms with Crippen molar-refractivity contribution in [2.45, 2.75) is 60.5 Å². The lowest BCUT2D eigenvalue weighted by Crippen LogP contribution is -2.42. The van der Waals surface area contributed by atoms with Gasteiger partial charge in [0.15, 0.2) is 0 Å². The molecule has 2 unspecified atom stereocenters. The van der Waals surface area contributed by atoms with Crippen LogP contribution < -0.4 is 5.32 Å². The van der Waals surface area contributed by atoms with E-state index in [0.717, 1.165) is 12.8 Å². The quantitative estimate of drug-likeness (QED) is 0.753. The molecule has 0 saturated heterocycles. The Balaban J connectivity index is 4.24. The molecule has 0 aromatic rings. The summed E-state index contributed by atoms with van der Waals surface area (Å²) in [4.78, 5) is 12.0. The topological polar surface area (TPSA) is 49.3 Å². The molecule has 3 nitrogen and oxygen atoms in total. The van der Waals surface area contributed by atoms with Crippen LogP contribution in [0.5, 0.6) is 0 Å². The zero-order valence-electron chi connectivity index (χ0n) is 12.2. The average Bonchev–Trinajstić information content (AvgIpc) is 2.20. The standard InChI is InChI=1S/C14H29NO2/c1-7-8-11(10(2)3)13(17)15-9-12(16)14(4,5)6/h10-12,16H,7-9H2,1-6H3,(H,15,17). The van der Waals surface area contributed by atoms with Crippen LogP contribution in [0.3, 0.4) is 0 Å². The zero-order chi connectivity index (χ0) is 13.6. The normalized spacial score (nSPS) is 15.8. The maximum Gasteiger partial charge on any atom is 0.223 e. The lowest BCUT2D eigenvalue weighted by Gasteiger charge is -2.27. The molecule has 0 spiro atoms. The monoisotopic (exact) mass is 243 g/mol. The van der Waals surface area contributed by atoms with Crippen LogP contribution in [0, 0.1) is 17.3 Å². The van der Waals surface area contributed by atoms with Gasteiger partial charge in [0.2, 0.25) is 5.91 Å². The van der Waals surface area contributed by atoms with Gasteiger partial charge in [0.25, 0.3) is 0 Å². The first-order valence-electron chi connectivity index (χ1n) is 6.65. The minimum absolute atomic E-state index is 0.0622. The first-order chi connectivity index (χ1) is 7.70. The van der Waals surface area contributed by atoms with E-state index in [4.69, 9.17) is 0 Å². The third-order valence-electron chi connectivity index (χ3n) is 3.21. The number of aliphatic hydroxyl groups excluding tert-OH is 1. The van der Waals surface area contributed by atoms with E-state index in [1.165, 1.54) is 0 Å². The summed E-state index contributed by atoms with van der Waals surface area (Å²) in [5.41, 5.74) is -0.189. The zero-order valence-corrected chi connectivity index (χ0v) is 12.2. The highest BCUT2D eigenvalue weighted by molar-refractivity contribution is 5.78. The number of nitrogens with one attached hydrogen (secondary N) is 1. The Kier molecular flexibility index (Phi) is 6.76. The van der Waals surface area contributed by atoms with Crippen molar-refractivity contribution in [3.05, 3.63) is 0 Å². The van der Waals surface area contributed by atoms with Crippen LogP contribution in [0.2, 0.25) is 0 Å². The molecule has 0 radical (unpaired) electrons. The van der Waals surface area contributed by atoms with Gasteiger partial charge in [-0.25, -0.2) is 0 Å². The Morgan fingerprint density at radius 2 is 1.82 bits per heavy atom. The highest BCUT2D eigenvalue weighted by Gasteiger charge is 2.25. The van der Waals surface area contributed by atoms with Gasteiger partial charge < -0.3 is 10.4 Å². The van der Waals surface area contributed by atoms with Crippen LogP contribution in [-0.4, -0.2) is 23.7 Å². The summed E-state index contributed by atoms with van der Waals surface area (Å²) >= 11 is 0. The molecule has 0 fully saturated rings. The Hall–Kier alpha value is -0.570. The smallest absolute Gasteiger partial charge is 0.223 e. The van der Waals surface area contributed by atoms with Crippen LogP contribution in [-0.2, 0) is 4.79 Å². The second-order valence-corrected chi connectivity index (χ2v) is 6.27. The summed E-state index contributed by atoms with van der Waals surface area (Å²) in [6.07, 6.45) is 1.42. The summed E-state index contributed by atoms with van der Waals surface area (Å²) in [7, 11) is 0. The number of hydrogen-bond donors (Lipinski definition) is 2. The van der Waals surface area contributed by atoms with Crippen molar-refractivity contribution < 1.29 is 9.90 Å². The molecular formula is C14H29NO2. The second kappa shape index (κ2) is 7.00. The molecule has 1 amide bonds. The molecule has 0 aliphatic rings. The van der Waals surface area contributed by atoms with Crippen molar-refractivity contribution in [3.8, 4) is 0 Å². The van der Waals surface area contributed by atoms with Gasteiger partial charge in [-0.05, 0) is 17.8 Å². The van der Waals surface area contributed by atoms with Gasteiger partial charge in [0, 0.05) is 12.5 Å². The van der Waals surface area contributed by atoms with Crippen molar-refractivity contribution in [2.75, 3.05) is 6.54 Å². The highest BCUT2D eigenvalue weighted by Crippen LogP contribution is 2.20. The molecular weight excluding hydrogens is 214 g/mol. The number of rotatable bonds is 6. The van der Waals surface area contributed by atoms with Gasteiger partial charge in [-0.15, -0.1) is 0 Å². The predicted octanol–water partition coefficient (Wildman–Crippen LogP) is 2.58. The van der Waals surface area contributed by atoms with Gasteiger partial charge >= 0.3 is 0 Å². The molecule has 0 aromatic carbocycles.